The summed E-state index contributed by atoms with van der Waals surface area (Å²) in [5, 5.41) is 17.9. The van der Waals surface area contributed by atoms with Gasteiger partial charge in [0, 0.05) is 72.4 Å². The molecule has 0 atom stereocenters. The number of nitrogen functional groups attached to an aromatic ring is 1. The molecule has 1 amide bonds. The molecule has 0 spiro atoms. The number of nitrogens with zero attached hydrogens (tertiary/aromatic N) is 7. The Bertz CT molecular complexity index is 2230. The monoisotopic (exact) mass is 697 g/mol. The Kier molecular flexibility index (Phi) is 10.3. The first-order chi connectivity index (χ1) is 25.6. The molecule has 52 heavy (non-hydrogen) atoms. The van der Waals surface area contributed by atoms with Gasteiger partial charge < -0.3 is 39.0 Å². The summed E-state index contributed by atoms with van der Waals surface area (Å²) in [6, 6.07) is 28.9. The molecular formula is C37H31N9O6. The number of benzene rings is 3. The third-order valence-electron chi connectivity index (χ3n) is 7.53. The highest BCUT2D eigenvalue weighted by Crippen LogP contribution is 2.28. The van der Waals surface area contributed by atoms with Gasteiger partial charge in [0.1, 0.15) is 34.4 Å². The molecule has 0 radical (unpaired) electrons. The lowest BCUT2D eigenvalue weighted by Crippen LogP contribution is -2.36. The van der Waals surface area contributed by atoms with Gasteiger partial charge in [-0.15, -0.1) is 20.4 Å². The van der Waals surface area contributed by atoms with Crippen molar-refractivity contribution in [3.63, 3.8) is 0 Å². The maximum absolute atomic E-state index is 12.9. The highest BCUT2D eigenvalue weighted by molar-refractivity contribution is 6.04. The van der Waals surface area contributed by atoms with Crippen molar-refractivity contribution in [3.05, 3.63) is 128 Å². The second kappa shape index (κ2) is 16.1. The Morgan fingerprint density at radius 3 is 1.90 bits per heavy atom. The standard InChI is InChI=1S/C24H21N5O4.C13H10N4O2/c30-23(17-3-1-5-19(13-17)29-9-11-31-12-10-29)27-18-4-2-6-20(14-18)33-21-7-8-25-22(15-21)24-28-26-16-32-24;14-9-2-1-3-10(6-9)19-11-4-5-15-12(7-11)13-17-16-8-18-13/h1-8,13-16H,9-12H2,(H,27,30);1-8H,14H2. The van der Waals surface area contributed by atoms with E-state index in [0.29, 0.717) is 76.3 Å². The largest absolute Gasteiger partial charge is 0.457 e. The molecule has 15 nitrogen and oxygen atoms in total. The predicted octanol–water partition coefficient (Wildman–Crippen LogP) is 6.52. The summed E-state index contributed by atoms with van der Waals surface area (Å²) in [5.41, 5.74) is 9.62. The lowest BCUT2D eigenvalue weighted by atomic mass is 10.1. The highest BCUT2D eigenvalue weighted by Gasteiger charge is 2.14. The van der Waals surface area contributed by atoms with Gasteiger partial charge in [-0.3, -0.25) is 14.8 Å². The lowest BCUT2D eigenvalue weighted by molar-refractivity contribution is 0.102. The summed E-state index contributed by atoms with van der Waals surface area (Å²) in [6.45, 7) is 3.01. The van der Waals surface area contributed by atoms with Crippen LogP contribution in [0.5, 0.6) is 23.0 Å². The first kappa shape index (κ1) is 33.4. The van der Waals surface area contributed by atoms with E-state index in [2.05, 4.69) is 40.6 Å². The van der Waals surface area contributed by atoms with Crippen LogP contribution >= 0.6 is 0 Å². The van der Waals surface area contributed by atoms with Crippen LogP contribution in [0.15, 0.2) is 131 Å². The van der Waals surface area contributed by atoms with Crippen molar-refractivity contribution < 1.29 is 27.8 Å². The van der Waals surface area contributed by atoms with Crippen LogP contribution in [0.25, 0.3) is 23.2 Å². The number of pyridine rings is 2. The maximum atomic E-state index is 12.9. The number of carbonyl (C=O) groups is 1. The molecule has 0 aliphatic carbocycles. The third kappa shape index (κ3) is 8.71. The molecule has 0 unspecified atom stereocenters. The Balaban J connectivity index is 0.000000187. The number of nitrogens with two attached hydrogens (primary N) is 1. The van der Waals surface area contributed by atoms with Crippen LogP contribution in [0.3, 0.4) is 0 Å². The van der Waals surface area contributed by atoms with Crippen LogP contribution in [0, 0.1) is 0 Å². The molecule has 1 saturated heterocycles. The molecule has 3 N–H and O–H groups in total. The molecule has 1 aliphatic heterocycles. The maximum Gasteiger partial charge on any atom is 0.266 e. The molecule has 8 rings (SSSR count). The van der Waals surface area contributed by atoms with Crippen LogP contribution in [-0.2, 0) is 4.74 Å². The van der Waals surface area contributed by atoms with Gasteiger partial charge in [0.05, 0.1) is 13.2 Å². The quantitative estimate of drug-likeness (QED) is 0.155. The topological polar surface area (TPSA) is 190 Å². The number of ether oxygens (including phenoxy) is 3. The number of nitrogens with one attached hydrogen (secondary N) is 1. The van der Waals surface area contributed by atoms with E-state index in [1.54, 1.807) is 60.9 Å². The van der Waals surface area contributed by atoms with Crippen molar-refractivity contribution in [1.29, 1.82) is 0 Å². The molecule has 4 aromatic heterocycles. The van der Waals surface area contributed by atoms with Crippen molar-refractivity contribution in [2.45, 2.75) is 0 Å². The highest BCUT2D eigenvalue weighted by atomic mass is 16.5. The van der Waals surface area contributed by atoms with Crippen LogP contribution in [0.2, 0.25) is 0 Å². The second-order valence-electron chi connectivity index (χ2n) is 11.1. The van der Waals surface area contributed by atoms with E-state index in [9.17, 15) is 4.79 Å². The van der Waals surface area contributed by atoms with Gasteiger partial charge in [-0.25, -0.2) is 0 Å². The molecule has 0 saturated carbocycles. The number of rotatable bonds is 9. The van der Waals surface area contributed by atoms with Gasteiger partial charge in [-0.2, -0.15) is 0 Å². The number of amides is 1. The number of hydrogen-bond donors (Lipinski definition) is 2. The van der Waals surface area contributed by atoms with E-state index in [1.165, 1.54) is 12.8 Å². The summed E-state index contributed by atoms with van der Waals surface area (Å²) < 4.78 is 27.3. The second-order valence-corrected chi connectivity index (χ2v) is 11.1. The molecule has 3 aromatic carbocycles. The van der Waals surface area contributed by atoms with Crippen molar-refractivity contribution in [1.82, 2.24) is 30.4 Å². The molecule has 1 fully saturated rings. The van der Waals surface area contributed by atoms with Gasteiger partial charge in [-0.05, 0) is 54.6 Å². The summed E-state index contributed by atoms with van der Waals surface area (Å²) in [5.74, 6) is 2.86. The van der Waals surface area contributed by atoms with E-state index in [0.717, 1.165) is 18.8 Å². The first-order valence-electron chi connectivity index (χ1n) is 16.1. The van der Waals surface area contributed by atoms with Gasteiger partial charge in [0.2, 0.25) is 12.8 Å². The Morgan fingerprint density at radius 2 is 1.29 bits per heavy atom. The van der Waals surface area contributed by atoms with Crippen LogP contribution in [0.4, 0.5) is 17.1 Å². The Morgan fingerprint density at radius 1 is 0.692 bits per heavy atom. The number of aromatic nitrogens is 6. The average Bonchev–Trinajstić information content (AvgIpc) is 3.93. The number of carbonyl (C=O) groups excluding carboxylic acids is 1. The fourth-order valence-corrected chi connectivity index (χ4v) is 5.11. The summed E-state index contributed by atoms with van der Waals surface area (Å²) in [6.07, 6.45) is 5.71. The number of anilines is 3. The van der Waals surface area contributed by atoms with Gasteiger partial charge >= 0.3 is 0 Å². The fraction of sp³-hybridized carbons (Fsp3) is 0.108. The molecule has 15 heteroatoms. The zero-order chi connectivity index (χ0) is 35.5. The number of morpholine rings is 1. The summed E-state index contributed by atoms with van der Waals surface area (Å²) in [4.78, 5) is 23.4. The van der Waals surface area contributed by atoms with Gasteiger partial charge in [-0.1, -0.05) is 18.2 Å². The minimum atomic E-state index is -0.190. The molecule has 0 bridgehead atoms. The normalized spacial score (nSPS) is 12.3. The van der Waals surface area contributed by atoms with E-state index in [1.807, 2.05) is 48.5 Å². The van der Waals surface area contributed by atoms with E-state index in [-0.39, 0.29) is 5.91 Å². The average molecular weight is 698 g/mol. The molecule has 7 aromatic rings. The van der Waals surface area contributed by atoms with Crippen LogP contribution < -0.4 is 25.4 Å². The summed E-state index contributed by atoms with van der Waals surface area (Å²) in [7, 11) is 0. The van der Waals surface area contributed by atoms with Crippen LogP contribution in [-0.4, -0.2) is 62.6 Å². The van der Waals surface area contributed by atoms with E-state index >= 15 is 0 Å². The van der Waals surface area contributed by atoms with E-state index < -0.39 is 0 Å². The molecule has 1 aliphatic rings. The van der Waals surface area contributed by atoms with Crippen LogP contribution in [0.1, 0.15) is 10.4 Å². The zero-order valence-corrected chi connectivity index (χ0v) is 27.5. The number of hydrogen-bond acceptors (Lipinski definition) is 14. The van der Waals surface area contributed by atoms with Gasteiger partial charge in [0.15, 0.2) is 0 Å². The fourth-order valence-electron chi connectivity index (χ4n) is 5.11. The van der Waals surface area contributed by atoms with Crippen molar-refractivity contribution in [2.24, 2.45) is 0 Å². The van der Waals surface area contributed by atoms with Crippen molar-refractivity contribution in [3.8, 4) is 46.2 Å². The third-order valence-corrected chi connectivity index (χ3v) is 7.53. The Labute approximate surface area is 297 Å². The SMILES string of the molecule is Nc1cccc(Oc2ccnc(-c3nnco3)c2)c1.O=C(Nc1cccc(Oc2ccnc(-c3nnco3)c2)c1)c1cccc(N2CCOCC2)c1. The van der Waals surface area contributed by atoms with Crippen molar-refractivity contribution >= 4 is 23.0 Å². The molecule has 260 valence electrons. The smallest absolute Gasteiger partial charge is 0.266 e. The van der Waals surface area contributed by atoms with Gasteiger partial charge in [0.25, 0.3) is 17.7 Å². The lowest BCUT2D eigenvalue weighted by Gasteiger charge is -2.29. The Hall–Kier alpha value is -7.13. The first-order valence-corrected chi connectivity index (χ1v) is 16.1. The predicted molar refractivity (Wildman–Crippen MR) is 190 cm³/mol. The molecule has 5 heterocycles. The summed E-state index contributed by atoms with van der Waals surface area (Å²) >= 11 is 0. The zero-order valence-electron chi connectivity index (χ0n) is 27.5. The van der Waals surface area contributed by atoms with E-state index in [4.69, 9.17) is 28.8 Å². The molecular weight excluding hydrogens is 666 g/mol. The minimum absolute atomic E-state index is 0.190. The van der Waals surface area contributed by atoms with Crippen molar-refractivity contribution in [2.75, 3.05) is 42.3 Å². The minimum Gasteiger partial charge on any atom is -0.457 e.